The monoisotopic (exact) mass is 402 g/mol. The van der Waals surface area contributed by atoms with E-state index in [0.717, 1.165) is 24.1 Å². The molecule has 1 aliphatic rings. The molecule has 0 spiro atoms. The molecule has 0 bridgehead atoms. The highest BCUT2D eigenvalue weighted by atomic mass is 19.4. The lowest BCUT2D eigenvalue weighted by Crippen LogP contribution is -2.36. The van der Waals surface area contributed by atoms with Gasteiger partial charge in [-0.1, -0.05) is 35.5 Å². The number of alkyl halides is 3. The van der Waals surface area contributed by atoms with Crippen molar-refractivity contribution >= 4 is 5.91 Å². The molecular formula is C21H17F3N2O3. The highest BCUT2D eigenvalue weighted by Gasteiger charge is 2.30. The highest BCUT2D eigenvalue weighted by molar-refractivity contribution is 5.92. The van der Waals surface area contributed by atoms with Gasteiger partial charge in [0.05, 0.1) is 5.56 Å². The fourth-order valence-electron chi connectivity index (χ4n) is 3.23. The maximum absolute atomic E-state index is 12.8. The van der Waals surface area contributed by atoms with Gasteiger partial charge in [0, 0.05) is 19.2 Å². The van der Waals surface area contributed by atoms with Crippen LogP contribution in [0.3, 0.4) is 0 Å². The van der Waals surface area contributed by atoms with Crippen LogP contribution in [0.1, 0.15) is 32.9 Å². The summed E-state index contributed by atoms with van der Waals surface area (Å²) in [6.45, 7) is 0.946. The number of ether oxygens (including phenoxy) is 1. The van der Waals surface area contributed by atoms with Gasteiger partial charge in [-0.15, -0.1) is 0 Å². The third kappa shape index (κ3) is 4.26. The molecule has 2 heterocycles. The molecule has 0 atom stereocenters. The van der Waals surface area contributed by atoms with E-state index < -0.39 is 11.7 Å². The van der Waals surface area contributed by atoms with Gasteiger partial charge in [0.15, 0.2) is 11.5 Å². The third-order valence-electron chi connectivity index (χ3n) is 4.74. The minimum atomic E-state index is -4.45. The van der Waals surface area contributed by atoms with E-state index in [0.29, 0.717) is 13.1 Å². The van der Waals surface area contributed by atoms with E-state index in [1.165, 1.54) is 23.8 Å². The average molecular weight is 402 g/mol. The van der Waals surface area contributed by atoms with E-state index in [1.54, 1.807) is 4.90 Å². The van der Waals surface area contributed by atoms with Gasteiger partial charge in [0.25, 0.3) is 5.91 Å². The van der Waals surface area contributed by atoms with Crippen LogP contribution in [-0.2, 0) is 25.7 Å². The molecule has 1 amide bonds. The summed E-state index contributed by atoms with van der Waals surface area (Å²) in [7, 11) is 0. The van der Waals surface area contributed by atoms with Gasteiger partial charge in [-0.25, -0.2) is 0 Å². The lowest BCUT2D eigenvalue weighted by Gasteiger charge is -2.28. The van der Waals surface area contributed by atoms with Crippen LogP contribution in [0.4, 0.5) is 13.2 Å². The normalized spacial score (nSPS) is 13.8. The van der Waals surface area contributed by atoms with Crippen LogP contribution >= 0.6 is 0 Å². The van der Waals surface area contributed by atoms with Gasteiger partial charge in [0.2, 0.25) is 0 Å². The van der Waals surface area contributed by atoms with E-state index >= 15 is 0 Å². The number of carbonyl (C=O) groups excluding carboxylic acids is 1. The maximum atomic E-state index is 12.8. The van der Waals surface area contributed by atoms with Crippen LogP contribution in [0.5, 0.6) is 5.75 Å². The van der Waals surface area contributed by atoms with Crippen LogP contribution in [-0.4, -0.2) is 22.5 Å². The van der Waals surface area contributed by atoms with Crippen molar-refractivity contribution < 1.29 is 27.2 Å². The van der Waals surface area contributed by atoms with E-state index in [2.05, 4.69) is 11.2 Å². The van der Waals surface area contributed by atoms with Crippen molar-refractivity contribution in [3.8, 4) is 5.75 Å². The summed E-state index contributed by atoms with van der Waals surface area (Å²) in [4.78, 5) is 14.4. The van der Waals surface area contributed by atoms with Gasteiger partial charge in [-0.2, -0.15) is 13.2 Å². The first-order valence-corrected chi connectivity index (χ1v) is 9.02. The van der Waals surface area contributed by atoms with Gasteiger partial charge in [-0.05, 0) is 35.7 Å². The number of halogens is 3. The third-order valence-corrected chi connectivity index (χ3v) is 4.74. The van der Waals surface area contributed by atoms with Gasteiger partial charge in [0.1, 0.15) is 12.4 Å². The number of nitrogens with zero attached hydrogens (tertiary/aromatic N) is 2. The van der Waals surface area contributed by atoms with Crippen molar-refractivity contribution in [2.24, 2.45) is 0 Å². The van der Waals surface area contributed by atoms with E-state index in [9.17, 15) is 18.0 Å². The van der Waals surface area contributed by atoms with Crippen LogP contribution in [0.2, 0.25) is 0 Å². The Morgan fingerprint density at radius 1 is 1.10 bits per heavy atom. The fraction of sp³-hybridized carbons (Fsp3) is 0.238. The Morgan fingerprint density at radius 2 is 1.90 bits per heavy atom. The van der Waals surface area contributed by atoms with Crippen molar-refractivity contribution in [2.45, 2.75) is 25.7 Å². The zero-order chi connectivity index (χ0) is 20.4. The zero-order valence-corrected chi connectivity index (χ0v) is 15.3. The van der Waals surface area contributed by atoms with Crippen molar-refractivity contribution in [2.75, 3.05) is 6.54 Å². The molecule has 150 valence electrons. The lowest BCUT2D eigenvalue weighted by molar-refractivity contribution is -0.137. The SMILES string of the molecule is O=C(c1cc(COc2cccc(C(F)(F)F)c2)on1)N1CCc2ccccc2C1. The van der Waals surface area contributed by atoms with E-state index in [-0.39, 0.29) is 29.7 Å². The molecule has 1 aromatic heterocycles. The zero-order valence-electron chi connectivity index (χ0n) is 15.3. The van der Waals surface area contributed by atoms with Gasteiger partial charge >= 0.3 is 6.18 Å². The molecular weight excluding hydrogens is 385 g/mol. The Labute approximate surface area is 164 Å². The highest BCUT2D eigenvalue weighted by Crippen LogP contribution is 2.31. The first-order chi connectivity index (χ1) is 13.9. The average Bonchev–Trinajstić information content (AvgIpc) is 3.20. The molecule has 8 heteroatoms. The van der Waals surface area contributed by atoms with Crippen LogP contribution in [0, 0.1) is 0 Å². The summed E-state index contributed by atoms with van der Waals surface area (Å²) in [6, 6.07) is 14.0. The maximum Gasteiger partial charge on any atom is 0.416 e. The van der Waals surface area contributed by atoms with Crippen molar-refractivity contribution in [3.63, 3.8) is 0 Å². The molecule has 4 rings (SSSR count). The molecule has 0 N–H and O–H groups in total. The van der Waals surface area contributed by atoms with Gasteiger partial charge in [-0.3, -0.25) is 4.79 Å². The number of hydrogen-bond acceptors (Lipinski definition) is 4. The van der Waals surface area contributed by atoms with E-state index in [4.69, 9.17) is 9.26 Å². The van der Waals surface area contributed by atoms with Gasteiger partial charge < -0.3 is 14.2 Å². The second-order valence-corrected chi connectivity index (χ2v) is 6.74. The summed E-state index contributed by atoms with van der Waals surface area (Å²) >= 11 is 0. The summed E-state index contributed by atoms with van der Waals surface area (Å²) < 4.78 is 48.8. The van der Waals surface area contributed by atoms with Crippen molar-refractivity contribution in [1.29, 1.82) is 0 Å². The van der Waals surface area contributed by atoms with Crippen molar-refractivity contribution in [1.82, 2.24) is 10.1 Å². The molecule has 5 nitrogen and oxygen atoms in total. The molecule has 29 heavy (non-hydrogen) atoms. The van der Waals surface area contributed by atoms with Crippen LogP contribution in [0.25, 0.3) is 0 Å². The Kier molecular flexibility index (Phi) is 5.00. The summed E-state index contributed by atoms with van der Waals surface area (Å²) in [5, 5.41) is 3.79. The first-order valence-electron chi connectivity index (χ1n) is 9.02. The number of carbonyl (C=O) groups is 1. The second-order valence-electron chi connectivity index (χ2n) is 6.74. The summed E-state index contributed by atoms with van der Waals surface area (Å²) in [5.74, 6) is 0.0495. The van der Waals surface area contributed by atoms with E-state index in [1.807, 2.05) is 18.2 Å². The summed E-state index contributed by atoms with van der Waals surface area (Å²) in [5.41, 5.74) is 1.68. The number of benzene rings is 2. The molecule has 0 aliphatic carbocycles. The summed E-state index contributed by atoms with van der Waals surface area (Å²) in [6.07, 6.45) is -3.68. The minimum Gasteiger partial charge on any atom is -0.486 e. The quantitative estimate of drug-likeness (QED) is 0.646. The molecule has 2 aromatic carbocycles. The topological polar surface area (TPSA) is 55.6 Å². The molecule has 0 saturated heterocycles. The minimum absolute atomic E-state index is 0.0525. The predicted octanol–water partition coefficient (Wildman–Crippen LogP) is 4.47. The smallest absolute Gasteiger partial charge is 0.416 e. The van der Waals surface area contributed by atoms with Crippen LogP contribution in [0.15, 0.2) is 59.1 Å². The largest absolute Gasteiger partial charge is 0.486 e. The Bertz CT molecular complexity index is 1030. The number of aromatic nitrogens is 1. The number of fused-ring (bicyclic) bond motifs is 1. The second kappa shape index (κ2) is 7.62. The first kappa shape index (κ1) is 19.0. The molecule has 0 saturated carbocycles. The molecule has 3 aromatic rings. The Balaban J connectivity index is 1.39. The number of hydrogen-bond donors (Lipinski definition) is 0. The standard InChI is InChI=1S/C21H17F3N2O3/c22-21(23,24)16-6-3-7-17(10-16)28-13-18-11-19(25-29-18)20(27)26-9-8-14-4-1-2-5-15(14)12-26/h1-7,10-11H,8-9,12-13H2. The molecule has 0 fully saturated rings. The Hall–Kier alpha value is -3.29. The lowest BCUT2D eigenvalue weighted by atomic mass is 10.00. The predicted molar refractivity (Wildman–Crippen MR) is 97.2 cm³/mol. The number of amides is 1. The Morgan fingerprint density at radius 3 is 2.69 bits per heavy atom. The molecule has 0 radical (unpaired) electrons. The molecule has 0 unspecified atom stereocenters. The van der Waals surface area contributed by atoms with Crippen LogP contribution < -0.4 is 4.74 Å². The van der Waals surface area contributed by atoms with Crippen molar-refractivity contribution in [3.05, 3.63) is 82.7 Å². The molecule has 1 aliphatic heterocycles. The number of rotatable bonds is 4. The fourth-order valence-corrected chi connectivity index (χ4v) is 3.23.